The average molecular weight is 343 g/mol. The second kappa shape index (κ2) is 5.14. The molecule has 2 fully saturated rings. The molecule has 5 atom stereocenters. The highest BCUT2D eigenvalue weighted by atomic mass is 16.5. The number of rotatable bonds is 3. The second-order valence-electron chi connectivity index (χ2n) is 8.84. The highest BCUT2D eigenvalue weighted by Gasteiger charge is 2.68. The molecule has 2 aliphatic heterocycles. The Labute approximate surface area is 149 Å². The smallest absolute Gasteiger partial charge is 0.165 e. The van der Waals surface area contributed by atoms with Gasteiger partial charge in [0.1, 0.15) is 11.7 Å². The molecule has 2 N–H and O–H groups in total. The number of ether oxygens (including phenoxy) is 1. The van der Waals surface area contributed by atoms with E-state index < -0.39 is 5.60 Å². The fourth-order valence-corrected chi connectivity index (χ4v) is 6.60. The molecule has 4 aliphatic rings. The number of likely N-dealkylation sites (N-methyl/N-ethyl adjacent to an activating group) is 1. The van der Waals surface area contributed by atoms with Crippen LogP contribution in [0.3, 0.4) is 0 Å². The largest absolute Gasteiger partial charge is 0.504 e. The first-order chi connectivity index (χ1) is 12.0. The van der Waals surface area contributed by atoms with E-state index in [2.05, 4.69) is 24.9 Å². The summed E-state index contributed by atoms with van der Waals surface area (Å²) in [5.74, 6) is 1.44. The van der Waals surface area contributed by atoms with E-state index in [9.17, 15) is 10.2 Å². The fraction of sp³-hybridized carbons (Fsp3) is 0.714. The van der Waals surface area contributed by atoms with Crippen molar-refractivity contribution >= 4 is 0 Å². The quantitative estimate of drug-likeness (QED) is 0.886. The minimum absolute atomic E-state index is 0.112. The lowest BCUT2D eigenvalue weighted by Crippen LogP contribution is -2.69. The van der Waals surface area contributed by atoms with Crippen LogP contribution >= 0.6 is 0 Å². The van der Waals surface area contributed by atoms with Gasteiger partial charge in [-0.05, 0) is 63.2 Å². The molecular formula is C21H29NO3. The summed E-state index contributed by atoms with van der Waals surface area (Å²) in [6, 6.07) is 4.39. The van der Waals surface area contributed by atoms with Gasteiger partial charge in [-0.3, -0.25) is 0 Å². The van der Waals surface area contributed by atoms with Crippen molar-refractivity contribution in [3.63, 3.8) is 0 Å². The van der Waals surface area contributed by atoms with Crippen LogP contribution in [-0.4, -0.2) is 46.5 Å². The molecule has 0 amide bonds. The summed E-state index contributed by atoms with van der Waals surface area (Å²) in [6.07, 6.45) is 6.64. The van der Waals surface area contributed by atoms with Crippen LogP contribution in [0.15, 0.2) is 12.1 Å². The predicted molar refractivity (Wildman–Crippen MR) is 96.1 cm³/mol. The summed E-state index contributed by atoms with van der Waals surface area (Å²) in [5.41, 5.74) is 1.68. The maximum absolute atomic E-state index is 11.6. The molecule has 2 bridgehead atoms. The molecule has 0 aromatic heterocycles. The van der Waals surface area contributed by atoms with Crippen LogP contribution in [0.25, 0.3) is 0 Å². The first kappa shape index (κ1) is 16.0. The Hall–Kier alpha value is -1.26. The van der Waals surface area contributed by atoms with Crippen molar-refractivity contribution in [3.8, 4) is 11.5 Å². The zero-order valence-electron chi connectivity index (χ0n) is 15.3. The van der Waals surface area contributed by atoms with Crippen LogP contribution in [0.4, 0.5) is 0 Å². The first-order valence-corrected chi connectivity index (χ1v) is 9.96. The van der Waals surface area contributed by atoms with Gasteiger partial charge < -0.3 is 19.8 Å². The van der Waals surface area contributed by atoms with Gasteiger partial charge in [0.25, 0.3) is 0 Å². The number of hydrogen-bond donors (Lipinski definition) is 2. The van der Waals surface area contributed by atoms with Crippen LogP contribution in [0, 0.1) is 5.92 Å². The number of hydrogen-bond acceptors (Lipinski definition) is 4. The van der Waals surface area contributed by atoms with Gasteiger partial charge in [-0.25, -0.2) is 0 Å². The normalized spacial score (nSPS) is 41.3. The number of nitrogens with zero attached hydrogens (tertiary/aromatic N) is 1. The van der Waals surface area contributed by atoms with Gasteiger partial charge in [0.15, 0.2) is 11.5 Å². The van der Waals surface area contributed by atoms with E-state index in [-0.39, 0.29) is 17.3 Å². The minimum Gasteiger partial charge on any atom is -0.504 e. The Bertz CT molecular complexity index is 719. The molecule has 1 aromatic carbocycles. The number of benzene rings is 1. The maximum Gasteiger partial charge on any atom is 0.165 e. The zero-order chi connectivity index (χ0) is 17.4. The van der Waals surface area contributed by atoms with Crippen molar-refractivity contribution in [1.29, 1.82) is 0 Å². The Morgan fingerprint density at radius 3 is 2.96 bits per heavy atom. The topological polar surface area (TPSA) is 52.9 Å². The molecular weight excluding hydrogens is 314 g/mol. The van der Waals surface area contributed by atoms with Gasteiger partial charge in [0.05, 0.1) is 0 Å². The molecule has 136 valence electrons. The van der Waals surface area contributed by atoms with Crippen LogP contribution in [0.1, 0.15) is 56.6 Å². The lowest BCUT2D eigenvalue weighted by Gasteiger charge is -2.61. The van der Waals surface area contributed by atoms with Gasteiger partial charge >= 0.3 is 0 Å². The Kier molecular flexibility index (Phi) is 3.28. The van der Waals surface area contributed by atoms with Crippen molar-refractivity contribution in [1.82, 2.24) is 4.90 Å². The molecule has 2 heterocycles. The molecule has 4 heteroatoms. The van der Waals surface area contributed by atoms with Gasteiger partial charge in [0.2, 0.25) is 0 Å². The Morgan fingerprint density at radius 2 is 2.16 bits per heavy atom. The first-order valence-electron chi connectivity index (χ1n) is 9.96. The molecule has 0 radical (unpaired) electrons. The number of phenolic OH excluding ortho intramolecular Hbond substituents is 1. The van der Waals surface area contributed by atoms with Crippen LogP contribution < -0.4 is 4.74 Å². The van der Waals surface area contributed by atoms with Gasteiger partial charge in [-0.15, -0.1) is 0 Å². The minimum atomic E-state index is -0.771. The lowest BCUT2D eigenvalue weighted by atomic mass is 9.49. The molecule has 4 nitrogen and oxygen atoms in total. The third-order valence-corrected chi connectivity index (χ3v) is 7.73. The molecule has 1 spiro atoms. The van der Waals surface area contributed by atoms with Crippen molar-refractivity contribution in [2.24, 2.45) is 5.92 Å². The summed E-state index contributed by atoms with van der Waals surface area (Å²) in [7, 11) is 2.24. The molecule has 0 unspecified atom stereocenters. The number of piperidine rings is 1. The van der Waals surface area contributed by atoms with Crippen molar-refractivity contribution in [2.45, 2.75) is 75.0 Å². The third kappa shape index (κ3) is 1.85. The highest BCUT2D eigenvalue weighted by molar-refractivity contribution is 5.61. The monoisotopic (exact) mass is 343 g/mol. The third-order valence-electron chi connectivity index (χ3n) is 7.73. The van der Waals surface area contributed by atoms with Crippen LogP contribution in [0.5, 0.6) is 11.5 Å². The van der Waals surface area contributed by atoms with Crippen molar-refractivity contribution < 1.29 is 14.9 Å². The van der Waals surface area contributed by atoms with Crippen molar-refractivity contribution in [2.75, 3.05) is 13.6 Å². The van der Waals surface area contributed by atoms with E-state index in [1.54, 1.807) is 6.07 Å². The summed E-state index contributed by atoms with van der Waals surface area (Å²) in [6.45, 7) is 3.22. The number of aliphatic hydroxyl groups is 1. The van der Waals surface area contributed by atoms with Gasteiger partial charge in [-0.2, -0.15) is 0 Å². The van der Waals surface area contributed by atoms with E-state index >= 15 is 0 Å². The summed E-state index contributed by atoms with van der Waals surface area (Å²) >= 11 is 0. The standard InChI is InChI=1S/C21H29NO3/c1-3-4-8-20(24)9-7-14-15-12-13-5-6-16(23)18-17(13)21(14,19(20)25-18)10-11-22(15)2/h5-6,14-15,19,23-24H,3-4,7-12H2,1-2H3/t14-,15+,19-,20-,21-/m0/s1. The van der Waals surface area contributed by atoms with E-state index in [0.29, 0.717) is 17.7 Å². The number of aromatic hydroxyl groups is 1. The van der Waals surface area contributed by atoms with E-state index in [1.165, 1.54) is 11.1 Å². The fourth-order valence-electron chi connectivity index (χ4n) is 6.60. The SMILES string of the molecule is CCCC[C@]1(O)CC[C@H]2[C@H]3Cc4ccc(O)c5c4[C@@]2(CCN3C)[C@H]1O5. The molecule has 1 aromatic rings. The molecule has 1 saturated carbocycles. The summed E-state index contributed by atoms with van der Waals surface area (Å²) < 4.78 is 6.44. The van der Waals surface area contributed by atoms with Crippen LogP contribution in [0.2, 0.25) is 0 Å². The van der Waals surface area contributed by atoms with Gasteiger partial charge in [0, 0.05) is 17.0 Å². The summed E-state index contributed by atoms with van der Waals surface area (Å²) in [5, 5.41) is 22.1. The average Bonchev–Trinajstić information content (AvgIpc) is 2.96. The number of likely N-dealkylation sites (tertiary alicyclic amines) is 1. The molecule has 1 saturated heterocycles. The second-order valence-corrected chi connectivity index (χ2v) is 8.84. The molecule has 2 aliphatic carbocycles. The van der Waals surface area contributed by atoms with Crippen molar-refractivity contribution in [3.05, 3.63) is 23.3 Å². The van der Waals surface area contributed by atoms with E-state index in [1.807, 2.05) is 0 Å². The maximum atomic E-state index is 11.6. The predicted octanol–water partition coefficient (Wildman–Crippen LogP) is 2.98. The Morgan fingerprint density at radius 1 is 1.32 bits per heavy atom. The van der Waals surface area contributed by atoms with E-state index in [4.69, 9.17) is 4.74 Å². The van der Waals surface area contributed by atoms with Crippen LogP contribution in [-0.2, 0) is 11.8 Å². The lowest BCUT2D eigenvalue weighted by molar-refractivity contribution is -0.160. The zero-order valence-corrected chi connectivity index (χ0v) is 15.3. The number of phenols is 1. The highest BCUT2D eigenvalue weighted by Crippen LogP contribution is 2.65. The molecule has 5 rings (SSSR count). The van der Waals surface area contributed by atoms with Gasteiger partial charge in [-0.1, -0.05) is 25.8 Å². The Balaban J connectivity index is 1.70. The molecule has 25 heavy (non-hydrogen) atoms. The summed E-state index contributed by atoms with van der Waals surface area (Å²) in [4.78, 5) is 2.51. The number of unbranched alkanes of at least 4 members (excludes halogenated alkanes) is 1. The van der Waals surface area contributed by atoms with E-state index in [0.717, 1.165) is 51.5 Å².